The summed E-state index contributed by atoms with van der Waals surface area (Å²) in [5.41, 5.74) is 13.0. The Balaban J connectivity index is 1.92. The fourth-order valence-corrected chi connectivity index (χ4v) is 3.15. The van der Waals surface area contributed by atoms with Gasteiger partial charge in [-0.25, -0.2) is 9.37 Å². The van der Waals surface area contributed by atoms with E-state index in [-0.39, 0.29) is 29.3 Å². The van der Waals surface area contributed by atoms with Gasteiger partial charge in [0.25, 0.3) is 5.91 Å². The molecule has 138 valence electrons. The fraction of sp³-hybridized carbons (Fsp3) is 0.389. The SMILES string of the molecule is Cc1cncc(Nc2nc(N[C@@H]3CCCC[C@@H]3N)c(F)cc2C(N)=O)c1. The number of anilines is 3. The molecule has 0 aromatic carbocycles. The van der Waals surface area contributed by atoms with Gasteiger partial charge in [0.05, 0.1) is 17.4 Å². The summed E-state index contributed by atoms with van der Waals surface area (Å²) in [6.07, 6.45) is 7.14. The standard InChI is InChI=1S/C18H23FN6O/c1-10-6-11(9-22-8-10)23-17-12(16(21)26)7-13(19)18(25-17)24-15-5-3-2-4-14(15)20/h6-9,14-15H,2-5,20H2,1H3,(H2,21,26)(H2,23,24,25)/t14-,15+/m0/s1. The Morgan fingerprint density at radius 1 is 1.23 bits per heavy atom. The summed E-state index contributed by atoms with van der Waals surface area (Å²) in [6.45, 7) is 1.89. The molecule has 2 heterocycles. The lowest BCUT2D eigenvalue weighted by atomic mass is 9.91. The van der Waals surface area contributed by atoms with Gasteiger partial charge in [0.1, 0.15) is 5.82 Å². The predicted octanol–water partition coefficient (Wildman–Crippen LogP) is 2.45. The number of aryl methyl sites for hydroxylation is 1. The third-order valence-electron chi connectivity index (χ3n) is 4.52. The average Bonchev–Trinajstić information content (AvgIpc) is 2.59. The third-order valence-corrected chi connectivity index (χ3v) is 4.52. The first-order valence-electron chi connectivity index (χ1n) is 8.65. The topological polar surface area (TPSA) is 119 Å². The molecule has 1 amide bonds. The van der Waals surface area contributed by atoms with Gasteiger partial charge in [-0.3, -0.25) is 9.78 Å². The van der Waals surface area contributed by atoms with E-state index < -0.39 is 11.7 Å². The van der Waals surface area contributed by atoms with Crippen molar-refractivity contribution in [3.05, 3.63) is 41.5 Å². The summed E-state index contributed by atoms with van der Waals surface area (Å²) < 4.78 is 14.5. The summed E-state index contributed by atoms with van der Waals surface area (Å²) in [6, 6.07) is 2.82. The number of rotatable bonds is 5. The maximum atomic E-state index is 14.5. The van der Waals surface area contributed by atoms with Gasteiger partial charge in [-0.05, 0) is 37.5 Å². The van der Waals surface area contributed by atoms with E-state index in [1.165, 1.54) is 0 Å². The Kier molecular flexibility index (Phi) is 5.32. The average molecular weight is 358 g/mol. The Morgan fingerprint density at radius 2 is 2.00 bits per heavy atom. The molecule has 0 aliphatic heterocycles. The van der Waals surface area contributed by atoms with Crippen molar-refractivity contribution in [3.63, 3.8) is 0 Å². The minimum absolute atomic E-state index is 0.0255. The summed E-state index contributed by atoms with van der Waals surface area (Å²) in [5, 5.41) is 6.08. The molecular formula is C18H23FN6O. The van der Waals surface area contributed by atoms with E-state index in [0.29, 0.717) is 5.69 Å². The zero-order valence-corrected chi connectivity index (χ0v) is 14.6. The van der Waals surface area contributed by atoms with Gasteiger partial charge in [-0.2, -0.15) is 0 Å². The van der Waals surface area contributed by atoms with Crippen LogP contribution < -0.4 is 22.1 Å². The van der Waals surface area contributed by atoms with Crippen molar-refractivity contribution in [2.45, 2.75) is 44.7 Å². The highest BCUT2D eigenvalue weighted by atomic mass is 19.1. The Hall–Kier alpha value is -2.74. The van der Waals surface area contributed by atoms with Crippen molar-refractivity contribution >= 4 is 23.2 Å². The predicted molar refractivity (Wildman–Crippen MR) is 98.8 cm³/mol. The Morgan fingerprint density at radius 3 is 2.69 bits per heavy atom. The molecule has 3 rings (SSSR count). The van der Waals surface area contributed by atoms with Gasteiger partial charge in [0, 0.05) is 18.3 Å². The monoisotopic (exact) mass is 358 g/mol. The molecule has 0 spiro atoms. The number of nitrogens with two attached hydrogens (primary N) is 2. The van der Waals surface area contributed by atoms with Crippen LogP contribution in [0.1, 0.15) is 41.6 Å². The van der Waals surface area contributed by atoms with Crippen molar-refractivity contribution in [1.29, 1.82) is 0 Å². The number of carbonyl (C=O) groups excluding carboxylic acids is 1. The van der Waals surface area contributed by atoms with Crippen molar-refractivity contribution < 1.29 is 9.18 Å². The zero-order chi connectivity index (χ0) is 18.7. The molecule has 6 N–H and O–H groups in total. The maximum absolute atomic E-state index is 14.5. The largest absolute Gasteiger partial charge is 0.365 e. The van der Waals surface area contributed by atoms with Gasteiger partial charge in [0.2, 0.25) is 0 Å². The second kappa shape index (κ2) is 7.65. The molecule has 1 fully saturated rings. The van der Waals surface area contributed by atoms with Gasteiger partial charge >= 0.3 is 0 Å². The maximum Gasteiger partial charge on any atom is 0.252 e. The molecule has 2 aromatic heterocycles. The number of hydrogen-bond acceptors (Lipinski definition) is 6. The minimum atomic E-state index is -0.763. The molecule has 2 aromatic rings. The van der Waals surface area contributed by atoms with E-state index in [1.54, 1.807) is 12.4 Å². The molecule has 1 saturated carbocycles. The number of amides is 1. The molecule has 0 unspecified atom stereocenters. The van der Waals surface area contributed by atoms with E-state index in [2.05, 4.69) is 20.6 Å². The highest BCUT2D eigenvalue weighted by Gasteiger charge is 2.24. The van der Waals surface area contributed by atoms with Crippen molar-refractivity contribution in [1.82, 2.24) is 9.97 Å². The Bertz CT molecular complexity index is 812. The first-order valence-corrected chi connectivity index (χ1v) is 8.65. The van der Waals surface area contributed by atoms with E-state index in [9.17, 15) is 9.18 Å². The number of pyridine rings is 2. The van der Waals surface area contributed by atoms with Crippen LogP contribution in [0.3, 0.4) is 0 Å². The van der Waals surface area contributed by atoms with Gasteiger partial charge in [-0.1, -0.05) is 12.8 Å². The second-order valence-corrected chi connectivity index (χ2v) is 6.65. The molecular weight excluding hydrogens is 335 g/mol. The molecule has 8 heteroatoms. The van der Waals surface area contributed by atoms with E-state index >= 15 is 0 Å². The zero-order valence-electron chi connectivity index (χ0n) is 14.6. The molecule has 0 bridgehead atoms. The van der Waals surface area contributed by atoms with Crippen LogP contribution in [0.5, 0.6) is 0 Å². The third kappa shape index (κ3) is 4.08. The number of carbonyl (C=O) groups is 1. The van der Waals surface area contributed by atoms with E-state index in [1.807, 2.05) is 13.0 Å². The molecule has 26 heavy (non-hydrogen) atoms. The Labute approximate surface area is 151 Å². The number of halogens is 1. The van der Waals surface area contributed by atoms with Crippen LogP contribution in [0, 0.1) is 12.7 Å². The lowest BCUT2D eigenvalue weighted by Crippen LogP contribution is -2.43. The van der Waals surface area contributed by atoms with Crippen LogP contribution in [0.4, 0.5) is 21.7 Å². The van der Waals surface area contributed by atoms with Gasteiger partial charge < -0.3 is 22.1 Å². The number of hydrogen-bond donors (Lipinski definition) is 4. The van der Waals surface area contributed by atoms with Crippen molar-refractivity contribution in [2.75, 3.05) is 10.6 Å². The lowest BCUT2D eigenvalue weighted by Gasteiger charge is -2.30. The molecule has 7 nitrogen and oxygen atoms in total. The highest BCUT2D eigenvalue weighted by molar-refractivity contribution is 5.98. The number of aromatic nitrogens is 2. The van der Waals surface area contributed by atoms with Crippen LogP contribution in [0.25, 0.3) is 0 Å². The van der Waals surface area contributed by atoms with E-state index in [4.69, 9.17) is 11.5 Å². The van der Waals surface area contributed by atoms with Gasteiger partial charge in [0.15, 0.2) is 11.6 Å². The second-order valence-electron chi connectivity index (χ2n) is 6.65. The highest BCUT2D eigenvalue weighted by Crippen LogP contribution is 2.26. The molecule has 0 saturated heterocycles. The molecule has 2 atom stereocenters. The fourth-order valence-electron chi connectivity index (χ4n) is 3.15. The van der Waals surface area contributed by atoms with Crippen LogP contribution in [-0.4, -0.2) is 28.0 Å². The normalized spacial score (nSPS) is 19.8. The first-order chi connectivity index (χ1) is 12.4. The number of nitrogens with zero attached hydrogens (tertiary/aromatic N) is 2. The van der Waals surface area contributed by atoms with Crippen molar-refractivity contribution in [3.8, 4) is 0 Å². The molecule has 1 aliphatic carbocycles. The molecule has 0 radical (unpaired) electrons. The first kappa shape index (κ1) is 18.1. The van der Waals surface area contributed by atoms with Crippen LogP contribution in [0.2, 0.25) is 0 Å². The van der Waals surface area contributed by atoms with Crippen LogP contribution in [-0.2, 0) is 0 Å². The van der Waals surface area contributed by atoms with Crippen LogP contribution in [0.15, 0.2) is 24.5 Å². The summed E-state index contributed by atoms with van der Waals surface area (Å²) in [4.78, 5) is 20.1. The quantitative estimate of drug-likeness (QED) is 0.652. The smallest absolute Gasteiger partial charge is 0.252 e. The lowest BCUT2D eigenvalue weighted by molar-refractivity contribution is 0.100. The van der Waals surface area contributed by atoms with Crippen LogP contribution >= 0.6 is 0 Å². The van der Waals surface area contributed by atoms with E-state index in [0.717, 1.165) is 37.3 Å². The summed E-state index contributed by atoms with van der Waals surface area (Å²) in [7, 11) is 0. The number of nitrogens with one attached hydrogen (secondary N) is 2. The van der Waals surface area contributed by atoms with Crippen molar-refractivity contribution in [2.24, 2.45) is 11.5 Å². The minimum Gasteiger partial charge on any atom is -0.365 e. The molecule has 1 aliphatic rings. The number of primary amides is 1. The van der Waals surface area contributed by atoms with Gasteiger partial charge in [-0.15, -0.1) is 0 Å². The summed E-state index contributed by atoms with van der Waals surface area (Å²) >= 11 is 0. The summed E-state index contributed by atoms with van der Waals surface area (Å²) in [5.74, 6) is -1.16.